The van der Waals surface area contributed by atoms with Crippen LogP contribution in [0.4, 0.5) is 0 Å². The van der Waals surface area contributed by atoms with Gasteiger partial charge in [0.05, 0.1) is 0 Å². The molecule has 2 heterocycles. The van der Waals surface area contributed by atoms with Crippen LogP contribution in [-0.2, 0) is 7.05 Å². The summed E-state index contributed by atoms with van der Waals surface area (Å²) in [5.41, 5.74) is 3.22. The second-order valence-corrected chi connectivity index (χ2v) is 5.14. The zero-order valence-electron chi connectivity index (χ0n) is 11.3. The van der Waals surface area contributed by atoms with E-state index in [-0.39, 0.29) is 5.56 Å². The number of benzene rings is 1. The van der Waals surface area contributed by atoms with E-state index in [1.54, 1.807) is 7.05 Å². The van der Waals surface area contributed by atoms with E-state index in [0.29, 0.717) is 16.2 Å². The first-order valence-electron chi connectivity index (χ1n) is 6.11. The fraction of sp³-hybridized carbons (Fsp3) is 0.231. The SMILES string of the molecule is Cc1ccc(-c2nn3c(=S)[nH]nc3n(C)c2=O)cc1C. The number of hydrogen-bond acceptors (Lipinski definition) is 4. The standard InChI is InChI=1S/C13H13N5OS/c1-7-4-5-9(6-8(7)2)10-11(19)17(3)12-14-15-13(20)18(12)16-10/h4-6H,1-3H3,(H,15,20). The van der Waals surface area contributed by atoms with Crippen molar-refractivity contribution in [3.8, 4) is 11.3 Å². The van der Waals surface area contributed by atoms with Crippen molar-refractivity contribution in [3.63, 3.8) is 0 Å². The minimum atomic E-state index is -0.199. The van der Waals surface area contributed by atoms with E-state index >= 15 is 0 Å². The molecule has 7 heteroatoms. The number of hydrogen-bond donors (Lipinski definition) is 1. The molecule has 0 fully saturated rings. The van der Waals surface area contributed by atoms with Gasteiger partial charge in [0, 0.05) is 12.6 Å². The van der Waals surface area contributed by atoms with E-state index < -0.39 is 0 Å². The molecule has 0 bridgehead atoms. The summed E-state index contributed by atoms with van der Waals surface area (Å²) in [5, 5.41) is 11.0. The van der Waals surface area contributed by atoms with Crippen molar-refractivity contribution in [2.45, 2.75) is 13.8 Å². The highest BCUT2D eigenvalue weighted by atomic mass is 32.1. The number of fused-ring (bicyclic) bond motifs is 1. The fourth-order valence-electron chi connectivity index (χ4n) is 2.05. The van der Waals surface area contributed by atoms with Crippen molar-refractivity contribution >= 4 is 18.0 Å². The van der Waals surface area contributed by atoms with Crippen LogP contribution in [0.5, 0.6) is 0 Å². The summed E-state index contributed by atoms with van der Waals surface area (Å²) < 4.78 is 3.26. The molecule has 0 unspecified atom stereocenters. The van der Waals surface area contributed by atoms with Crippen molar-refractivity contribution in [2.75, 3.05) is 0 Å². The highest BCUT2D eigenvalue weighted by molar-refractivity contribution is 7.71. The molecule has 0 aliphatic carbocycles. The minimum Gasteiger partial charge on any atom is -0.277 e. The molecule has 0 saturated carbocycles. The number of aromatic amines is 1. The molecular weight excluding hydrogens is 274 g/mol. The summed E-state index contributed by atoms with van der Waals surface area (Å²) in [7, 11) is 1.65. The Bertz CT molecular complexity index is 934. The molecule has 102 valence electrons. The lowest BCUT2D eigenvalue weighted by Gasteiger charge is -2.06. The third kappa shape index (κ3) is 1.78. The monoisotopic (exact) mass is 287 g/mol. The van der Waals surface area contributed by atoms with E-state index in [0.717, 1.165) is 11.1 Å². The van der Waals surface area contributed by atoms with Gasteiger partial charge in [-0.3, -0.25) is 9.36 Å². The average Bonchev–Trinajstić information content (AvgIpc) is 2.79. The molecule has 6 nitrogen and oxygen atoms in total. The van der Waals surface area contributed by atoms with Gasteiger partial charge in [0.25, 0.3) is 11.3 Å². The third-order valence-corrected chi connectivity index (χ3v) is 3.69. The van der Waals surface area contributed by atoms with Gasteiger partial charge in [0.2, 0.25) is 4.77 Å². The molecule has 1 N–H and O–H groups in total. The Morgan fingerprint density at radius 1 is 1.25 bits per heavy atom. The van der Waals surface area contributed by atoms with Gasteiger partial charge in [-0.25, -0.2) is 5.10 Å². The first-order chi connectivity index (χ1) is 9.49. The summed E-state index contributed by atoms with van der Waals surface area (Å²) in [4.78, 5) is 12.4. The molecule has 20 heavy (non-hydrogen) atoms. The summed E-state index contributed by atoms with van der Waals surface area (Å²) in [6.07, 6.45) is 0. The normalized spacial score (nSPS) is 11.2. The van der Waals surface area contributed by atoms with Crippen molar-refractivity contribution in [3.05, 3.63) is 44.5 Å². The van der Waals surface area contributed by atoms with Crippen molar-refractivity contribution in [2.24, 2.45) is 7.05 Å². The first-order valence-corrected chi connectivity index (χ1v) is 6.52. The molecule has 0 aliphatic rings. The topological polar surface area (TPSA) is 68.0 Å². The largest absolute Gasteiger partial charge is 0.281 e. The Morgan fingerprint density at radius 3 is 2.70 bits per heavy atom. The third-order valence-electron chi connectivity index (χ3n) is 3.42. The van der Waals surface area contributed by atoms with Crippen LogP contribution in [-0.4, -0.2) is 24.4 Å². The van der Waals surface area contributed by atoms with Gasteiger partial charge in [0.1, 0.15) is 0 Å². The lowest BCUT2D eigenvalue weighted by atomic mass is 10.0. The molecule has 0 saturated heterocycles. The van der Waals surface area contributed by atoms with Gasteiger partial charge in [0.15, 0.2) is 5.69 Å². The van der Waals surface area contributed by atoms with E-state index in [1.165, 1.54) is 14.6 Å². The summed E-state index contributed by atoms with van der Waals surface area (Å²) in [5.74, 6) is 0.396. The van der Waals surface area contributed by atoms with Crippen molar-refractivity contribution in [1.29, 1.82) is 0 Å². The van der Waals surface area contributed by atoms with E-state index in [9.17, 15) is 4.79 Å². The van der Waals surface area contributed by atoms with Crippen LogP contribution in [0.1, 0.15) is 11.1 Å². The molecule has 0 amide bonds. The van der Waals surface area contributed by atoms with Crippen LogP contribution >= 0.6 is 12.2 Å². The van der Waals surface area contributed by atoms with Crippen molar-refractivity contribution in [1.82, 2.24) is 24.4 Å². The molecule has 0 aliphatic heterocycles. The lowest BCUT2D eigenvalue weighted by molar-refractivity contribution is 0.778. The zero-order chi connectivity index (χ0) is 14.4. The Hall–Kier alpha value is -2.28. The second-order valence-electron chi connectivity index (χ2n) is 4.75. The number of H-pyrrole nitrogens is 1. The number of aromatic nitrogens is 5. The summed E-state index contributed by atoms with van der Waals surface area (Å²) in [6.45, 7) is 4.03. The predicted octanol–water partition coefficient (Wildman–Crippen LogP) is 1.77. The number of nitrogens with zero attached hydrogens (tertiary/aromatic N) is 4. The van der Waals surface area contributed by atoms with Crippen LogP contribution in [0.25, 0.3) is 17.0 Å². The average molecular weight is 287 g/mol. The zero-order valence-corrected chi connectivity index (χ0v) is 12.2. The molecule has 3 rings (SSSR count). The number of rotatable bonds is 1. The second kappa shape index (κ2) is 4.38. The molecule has 0 radical (unpaired) electrons. The van der Waals surface area contributed by atoms with Gasteiger partial charge < -0.3 is 0 Å². The number of nitrogens with one attached hydrogen (secondary N) is 1. The van der Waals surface area contributed by atoms with Crippen molar-refractivity contribution < 1.29 is 0 Å². The molecular formula is C13H13N5OS. The van der Waals surface area contributed by atoms with E-state index in [2.05, 4.69) is 15.3 Å². The van der Waals surface area contributed by atoms with Gasteiger partial charge in [-0.15, -0.1) is 5.10 Å². The van der Waals surface area contributed by atoms with Crippen LogP contribution < -0.4 is 5.56 Å². The van der Waals surface area contributed by atoms with E-state index in [1.807, 2.05) is 32.0 Å². The maximum absolute atomic E-state index is 12.4. The smallest absolute Gasteiger partial charge is 0.277 e. The molecule has 1 aromatic carbocycles. The van der Waals surface area contributed by atoms with Gasteiger partial charge in [-0.1, -0.05) is 12.1 Å². The summed E-state index contributed by atoms with van der Waals surface area (Å²) in [6, 6.07) is 5.82. The van der Waals surface area contributed by atoms with Gasteiger partial charge >= 0.3 is 0 Å². The number of aryl methyl sites for hydroxylation is 3. The van der Waals surface area contributed by atoms with Gasteiger partial charge in [-0.2, -0.15) is 9.61 Å². The maximum atomic E-state index is 12.4. The van der Waals surface area contributed by atoms with Gasteiger partial charge in [-0.05, 0) is 43.3 Å². The molecule has 0 spiro atoms. The lowest BCUT2D eigenvalue weighted by Crippen LogP contribution is -2.23. The van der Waals surface area contributed by atoms with E-state index in [4.69, 9.17) is 12.2 Å². The maximum Gasteiger partial charge on any atom is 0.281 e. The molecule has 3 aromatic rings. The fourth-order valence-corrected chi connectivity index (χ4v) is 2.22. The van der Waals surface area contributed by atoms with Crippen LogP contribution in [0.2, 0.25) is 0 Å². The molecule has 0 atom stereocenters. The Morgan fingerprint density at radius 2 is 2.00 bits per heavy atom. The quantitative estimate of drug-likeness (QED) is 0.693. The highest BCUT2D eigenvalue weighted by Gasteiger charge is 2.13. The molecule has 2 aromatic heterocycles. The van der Waals surface area contributed by atoms with Crippen LogP contribution in [0.3, 0.4) is 0 Å². The summed E-state index contributed by atoms with van der Waals surface area (Å²) >= 11 is 5.11. The van der Waals surface area contributed by atoms with Crippen LogP contribution in [0.15, 0.2) is 23.0 Å². The minimum absolute atomic E-state index is 0.199. The Labute approximate surface area is 119 Å². The Kier molecular flexibility index (Phi) is 2.79. The Balaban J connectivity index is 2.38. The predicted molar refractivity (Wildman–Crippen MR) is 78.3 cm³/mol. The first kappa shape index (κ1) is 12.7. The highest BCUT2D eigenvalue weighted by Crippen LogP contribution is 2.17. The van der Waals surface area contributed by atoms with Crippen LogP contribution in [0, 0.1) is 18.6 Å².